The molecule has 20 heavy (non-hydrogen) atoms. The summed E-state index contributed by atoms with van der Waals surface area (Å²) in [5, 5.41) is 38.0. The van der Waals surface area contributed by atoms with Gasteiger partial charge in [0.2, 0.25) is 0 Å². The van der Waals surface area contributed by atoms with Crippen LogP contribution in [0, 0.1) is 22.7 Å². The van der Waals surface area contributed by atoms with Crippen molar-refractivity contribution in [3.8, 4) is 17.9 Å². The van der Waals surface area contributed by atoms with Gasteiger partial charge in [-0.25, -0.2) is 9.79 Å². The molecule has 0 amide bonds. The Morgan fingerprint density at radius 1 is 1.40 bits per heavy atom. The van der Waals surface area contributed by atoms with E-state index in [4.69, 9.17) is 21.4 Å². The van der Waals surface area contributed by atoms with Crippen LogP contribution in [0.15, 0.2) is 34.6 Å². The van der Waals surface area contributed by atoms with Crippen molar-refractivity contribution in [2.75, 3.05) is 5.32 Å². The summed E-state index contributed by atoms with van der Waals surface area (Å²) in [5.74, 6) is -1.35. The number of allylic oxidation sites excluding steroid dienone is 2. The van der Waals surface area contributed by atoms with Crippen LogP contribution in [0.5, 0.6) is 5.75 Å². The highest BCUT2D eigenvalue weighted by Crippen LogP contribution is 2.23. The van der Waals surface area contributed by atoms with Crippen LogP contribution >= 0.6 is 0 Å². The average molecular weight is 271 g/mol. The molecule has 0 bridgehead atoms. The molecule has 0 heterocycles. The Morgan fingerprint density at radius 3 is 2.65 bits per heavy atom. The van der Waals surface area contributed by atoms with Gasteiger partial charge >= 0.3 is 5.97 Å². The lowest BCUT2D eigenvalue weighted by Gasteiger charge is -2.04. The molecule has 0 saturated heterocycles. The third kappa shape index (κ3) is 3.48. The van der Waals surface area contributed by atoms with Gasteiger partial charge in [0.1, 0.15) is 23.6 Å². The largest absolute Gasteiger partial charge is 0.506 e. The Bertz CT molecular complexity index is 679. The minimum atomic E-state index is -1.16. The average Bonchev–Trinajstić information content (AvgIpc) is 2.44. The molecule has 5 N–H and O–H groups in total. The van der Waals surface area contributed by atoms with Crippen molar-refractivity contribution in [2.45, 2.75) is 0 Å². The third-order valence-corrected chi connectivity index (χ3v) is 2.14. The fraction of sp³-hybridized carbons (Fsp3) is 0. The predicted molar refractivity (Wildman–Crippen MR) is 69.6 cm³/mol. The van der Waals surface area contributed by atoms with Crippen molar-refractivity contribution < 1.29 is 15.0 Å². The molecule has 0 fully saturated rings. The Labute approximate surface area is 113 Å². The Hall–Kier alpha value is -3.52. The quantitative estimate of drug-likeness (QED) is 0.272. The zero-order valence-corrected chi connectivity index (χ0v) is 10.0. The number of rotatable bonds is 4. The Kier molecular flexibility index (Phi) is 4.67. The lowest BCUT2D eigenvalue weighted by molar-refractivity contribution is 0.0697. The Morgan fingerprint density at radius 2 is 2.10 bits per heavy atom. The standard InChI is InChI=1S/C12H9N5O3/c13-4-8(15)10(5-14)17-6-16-9-3-7(12(19)20)1-2-11(9)18/h1-3,6,18H,15H2,(H,16,17)(H,19,20)/b10-8-. The van der Waals surface area contributed by atoms with E-state index in [1.54, 1.807) is 12.1 Å². The number of phenols is 1. The van der Waals surface area contributed by atoms with E-state index < -0.39 is 5.97 Å². The van der Waals surface area contributed by atoms with Gasteiger partial charge in [-0.3, -0.25) is 0 Å². The minimum Gasteiger partial charge on any atom is -0.506 e. The molecule has 0 aliphatic heterocycles. The normalized spacial score (nSPS) is 11.3. The summed E-state index contributed by atoms with van der Waals surface area (Å²) >= 11 is 0. The van der Waals surface area contributed by atoms with Gasteiger partial charge in [0, 0.05) is 0 Å². The molecule has 100 valence electrons. The third-order valence-electron chi connectivity index (χ3n) is 2.14. The first-order valence-electron chi connectivity index (χ1n) is 5.15. The topological polar surface area (TPSA) is 156 Å². The van der Waals surface area contributed by atoms with E-state index in [0.717, 1.165) is 6.34 Å². The molecular formula is C12H9N5O3. The van der Waals surface area contributed by atoms with Crippen LogP contribution < -0.4 is 11.1 Å². The lowest BCUT2D eigenvalue weighted by atomic mass is 10.2. The van der Waals surface area contributed by atoms with Crippen LogP contribution in [-0.4, -0.2) is 22.5 Å². The number of carbonyl (C=O) groups is 1. The van der Waals surface area contributed by atoms with E-state index in [9.17, 15) is 9.90 Å². The van der Waals surface area contributed by atoms with Crippen molar-refractivity contribution in [3.05, 3.63) is 35.2 Å². The van der Waals surface area contributed by atoms with E-state index in [1.807, 2.05) is 0 Å². The number of aliphatic imine (C=N–C) groups is 1. The molecule has 0 atom stereocenters. The first-order valence-corrected chi connectivity index (χ1v) is 5.15. The predicted octanol–water partition coefficient (Wildman–Crippen LogP) is 0.748. The smallest absolute Gasteiger partial charge is 0.335 e. The molecular weight excluding hydrogens is 262 g/mol. The number of aromatic hydroxyl groups is 1. The molecule has 8 nitrogen and oxygen atoms in total. The van der Waals surface area contributed by atoms with Gasteiger partial charge in [0.15, 0.2) is 5.70 Å². The van der Waals surface area contributed by atoms with Crippen LogP contribution in [0.2, 0.25) is 0 Å². The number of nitriles is 2. The summed E-state index contributed by atoms with van der Waals surface area (Å²) in [6.07, 6.45) is 1.02. The molecule has 0 saturated carbocycles. The van der Waals surface area contributed by atoms with Crippen molar-refractivity contribution in [1.29, 1.82) is 10.5 Å². The van der Waals surface area contributed by atoms with Gasteiger partial charge < -0.3 is 21.3 Å². The number of anilines is 1. The number of benzene rings is 1. The maximum atomic E-state index is 10.8. The SMILES string of the molecule is N#C/C(N)=C(\C#N)N=CNc1cc(C(=O)O)ccc1O. The van der Waals surface area contributed by atoms with E-state index in [1.165, 1.54) is 18.2 Å². The van der Waals surface area contributed by atoms with Gasteiger partial charge in [-0.15, -0.1) is 0 Å². The number of nitrogens with zero attached hydrogens (tertiary/aromatic N) is 3. The molecule has 0 unspecified atom stereocenters. The highest BCUT2D eigenvalue weighted by Gasteiger charge is 2.07. The summed E-state index contributed by atoms with van der Waals surface area (Å²) in [6.45, 7) is 0. The maximum absolute atomic E-state index is 10.8. The van der Waals surface area contributed by atoms with E-state index in [-0.39, 0.29) is 28.4 Å². The summed E-state index contributed by atoms with van der Waals surface area (Å²) < 4.78 is 0. The van der Waals surface area contributed by atoms with Gasteiger partial charge in [0.05, 0.1) is 17.6 Å². The molecule has 0 radical (unpaired) electrons. The second-order valence-corrected chi connectivity index (χ2v) is 3.43. The second-order valence-electron chi connectivity index (χ2n) is 3.43. The molecule has 1 aromatic carbocycles. The van der Waals surface area contributed by atoms with Crippen molar-refractivity contribution in [3.63, 3.8) is 0 Å². The fourth-order valence-electron chi connectivity index (χ4n) is 1.16. The summed E-state index contributed by atoms with van der Waals surface area (Å²) in [7, 11) is 0. The number of nitrogens with two attached hydrogens (primary N) is 1. The van der Waals surface area contributed by atoms with Crippen molar-refractivity contribution in [1.82, 2.24) is 0 Å². The number of phenolic OH excluding ortho intramolecular Hbond substituents is 1. The first-order chi connectivity index (χ1) is 9.49. The van der Waals surface area contributed by atoms with Crippen LogP contribution in [0.25, 0.3) is 0 Å². The summed E-state index contributed by atoms with van der Waals surface area (Å²) in [4.78, 5) is 14.4. The number of aromatic carboxylic acids is 1. The van der Waals surface area contributed by atoms with Crippen LogP contribution in [0.1, 0.15) is 10.4 Å². The van der Waals surface area contributed by atoms with E-state index in [0.29, 0.717) is 0 Å². The number of carboxylic acid groups (broad SMARTS) is 1. The molecule has 8 heteroatoms. The van der Waals surface area contributed by atoms with Crippen LogP contribution in [-0.2, 0) is 0 Å². The highest BCUT2D eigenvalue weighted by molar-refractivity contribution is 5.91. The molecule has 0 aliphatic carbocycles. The van der Waals surface area contributed by atoms with Gasteiger partial charge in [-0.1, -0.05) is 0 Å². The summed E-state index contributed by atoms with van der Waals surface area (Å²) in [6, 6.07) is 6.80. The zero-order valence-electron chi connectivity index (χ0n) is 10.0. The summed E-state index contributed by atoms with van der Waals surface area (Å²) in [5.41, 5.74) is 4.63. The fourth-order valence-corrected chi connectivity index (χ4v) is 1.16. The van der Waals surface area contributed by atoms with Crippen LogP contribution in [0.4, 0.5) is 5.69 Å². The number of carboxylic acids is 1. The maximum Gasteiger partial charge on any atom is 0.335 e. The number of hydrogen-bond acceptors (Lipinski definition) is 6. The van der Waals surface area contributed by atoms with E-state index >= 15 is 0 Å². The van der Waals surface area contributed by atoms with Crippen molar-refractivity contribution in [2.24, 2.45) is 10.7 Å². The van der Waals surface area contributed by atoms with Crippen LogP contribution in [0.3, 0.4) is 0 Å². The number of hydrogen-bond donors (Lipinski definition) is 4. The minimum absolute atomic E-state index is 0.0358. The molecule has 0 spiro atoms. The molecule has 1 aromatic rings. The van der Waals surface area contributed by atoms with Crippen molar-refractivity contribution >= 4 is 18.0 Å². The second kappa shape index (κ2) is 6.42. The van der Waals surface area contributed by atoms with E-state index in [2.05, 4.69) is 10.3 Å². The molecule has 0 aliphatic rings. The monoisotopic (exact) mass is 271 g/mol. The number of nitrogens with one attached hydrogen (secondary N) is 1. The Balaban J connectivity index is 2.96. The first kappa shape index (κ1) is 14.5. The highest BCUT2D eigenvalue weighted by atomic mass is 16.4. The molecule has 1 rings (SSSR count). The lowest BCUT2D eigenvalue weighted by Crippen LogP contribution is -2.02. The zero-order chi connectivity index (χ0) is 15.1. The molecule has 0 aromatic heterocycles. The van der Waals surface area contributed by atoms with Gasteiger partial charge in [-0.05, 0) is 18.2 Å². The van der Waals surface area contributed by atoms with Gasteiger partial charge in [-0.2, -0.15) is 10.5 Å². The van der Waals surface area contributed by atoms with Gasteiger partial charge in [0.25, 0.3) is 0 Å².